The van der Waals surface area contributed by atoms with Crippen LogP contribution in [0.4, 0.5) is 5.69 Å². The number of thiazole rings is 1. The Labute approximate surface area is 169 Å². The minimum absolute atomic E-state index is 0.117. The summed E-state index contributed by atoms with van der Waals surface area (Å²) in [5, 5.41) is 1.01. The molecule has 0 atom stereocenters. The van der Waals surface area contributed by atoms with Gasteiger partial charge in [0.05, 0.1) is 10.7 Å². The maximum Gasteiger partial charge on any atom is 0.265 e. The Balaban J connectivity index is 1.37. The number of pyridine rings is 1. The summed E-state index contributed by atoms with van der Waals surface area (Å²) in [6, 6.07) is 16.3. The van der Waals surface area contributed by atoms with E-state index in [0.717, 1.165) is 60.3 Å². The Morgan fingerprint density at radius 2 is 1.75 bits per heavy atom. The number of aromatic nitrogens is 2. The summed E-state index contributed by atoms with van der Waals surface area (Å²) in [5.74, 6) is 0.117. The van der Waals surface area contributed by atoms with E-state index in [9.17, 15) is 4.79 Å². The quantitative estimate of drug-likeness (QED) is 0.666. The lowest BCUT2D eigenvalue weighted by Gasteiger charge is -2.36. The monoisotopic (exact) mass is 392 g/mol. The molecule has 0 spiro atoms. The van der Waals surface area contributed by atoms with Crippen molar-refractivity contribution in [3.63, 3.8) is 0 Å². The van der Waals surface area contributed by atoms with Gasteiger partial charge in [0, 0.05) is 50.2 Å². The number of anilines is 1. The van der Waals surface area contributed by atoms with Gasteiger partial charge < -0.3 is 9.80 Å². The topological polar surface area (TPSA) is 49.3 Å². The van der Waals surface area contributed by atoms with E-state index in [0.29, 0.717) is 0 Å². The first kappa shape index (κ1) is 18.6. The van der Waals surface area contributed by atoms with Gasteiger partial charge in [0.25, 0.3) is 5.91 Å². The van der Waals surface area contributed by atoms with Crippen molar-refractivity contribution in [2.45, 2.75) is 19.8 Å². The summed E-state index contributed by atoms with van der Waals surface area (Å²) in [4.78, 5) is 27.1. The molecule has 1 amide bonds. The number of nitrogens with zero attached hydrogens (tertiary/aromatic N) is 4. The second-order valence-electron chi connectivity index (χ2n) is 6.96. The van der Waals surface area contributed by atoms with Crippen LogP contribution in [0.3, 0.4) is 0 Å². The number of aryl methyl sites for hydroxylation is 3. The molecule has 0 bridgehead atoms. The van der Waals surface area contributed by atoms with E-state index in [1.165, 1.54) is 17.0 Å². The predicted octanol–water partition coefficient (Wildman–Crippen LogP) is 3.59. The second-order valence-corrected chi connectivity index (χ2v) is 8.04. The van der Waals surface area contributed by atoms with E-state index in [1.54, 1.807) is 0 Å². The average molecular weight is 393 g/mol. The highest BCUT2D eigenvalue weighted by molar-refractivity contribution is 7.13. The molecule has 0 saturated carbocycles. The highest BCUT2D eigenvalue weighted by Gasteiger charge is 2.25. The number of rotatable bonds is 5. The zero-order valence-electron chi connectivity index (χ0n) is 16.0. The van der Waals surface area contributed by atoms with Crippen LogP contribution in [0.15, 0.2) is 54.7 Å². The van der Waals surface area contributed by atoms with Crippen molar-refractivity contribution in [2.24, 2.45) is 0 Å². The molecule has 1 fully saturated rings. The van der Waals surface area contributed by atoms with Crippen molar-refractivity contribution in [3.8, 4) is 0 Å². The SMILES string of the molecule is Cc1nc(CCc2ccccn2)sc1C(=O)N1CCN(c2ccccc2)CC1. The van der Waals surface area contributed by atoms with Crippen LogP contribution < -0.4 is 4.90 Å². The first-order chi connectivity index (χ1) is 13.7. The van der Waals surface area contributed by atoms with Gasteiger partial charge in [-0.1, -0.05) is 24.3 Å². The molecule has 3 aromatic rings. The van der Waals surface area contributed by atoms with Gasteiger partial charge in [-0.25, -0.2) is 4.98 Å². The van der Waals surface area contributed by atoms with Crippen LogP contribution in [0.1, 0.15) is 26.1 Å². The van der Waals surface area contributed by atoms with E-state index in [2.05, 4.69) is 39.1 Å². The first-order valence-electron chi connectivity index (χ1n) is 9.66. The van der Waals surface area contributed by atoms with E-state index in [1.807, 2.05) is 42.3 Å². The third-order valence-corrected chi connectivity index (χ3v) is 6.25. The summed E-state index contributed by atoms with van der Waals surface area (Å²) in [6.45, 7) is 5.15. The van der Waals surface area contributed by atoms with Crippen LogP contribution in [0.2, 0.25) is 0 Å². The van der Waals surface area contributed by atoms with Crippen molar-refractivity contribution < 1.29 is 4.79 Å². The molecular weight excluding hydrogens is 368 g/mol. The number of carbonyl (C=O) groups excluding carboxylic acids is 1. The molecule has 5 nitrogen and oxygen atoms in total. The van der Waals surface area contributed by atoms with Crippen molar-refractivity contribution in [2.75, 3.05) is 31.1 Å². The molecule has 1 aliphatic rings. The zero-order chi connectivity index (χ0) is 19.3. The van der Waals surface area contributed by atoms with Crippen molar-refractivity contribution in [3.05, 3.63) is 76.0 Å². The smallest absolute Gasteiger partial charge is 0.265 e. The highest BCUT2D eigenvalue weighted by atomic mass is 32.1. The lowest BCUT2D eigenvalue weighted by Crippen LogP contribution is -2.48. The Kier molecular flexibility index (Phi) is 5.67. The van der Waals surface area contributed by atoms with E-state index >= 15 is 0 Å². The number of para-hydroxylation sites is 1. The molecule has 1 aliphatic heterocycles. The molecule has 28 heavy (non-hydrogen) atoms. The summed E-state index contributed by atoms with van der Waals surface area (Å²) in [7, 11) is 0. The summed E-state index contributed by atoms with van der Waals surface area (Å²) in [6.07, 6.45) is 3.47. The van der Waals surface area contributed by atoms with Crippen molar-refractivity contribution in [1.29, 1.82) is 0 Å². The number of amides is 1. The Hall–Kier alpha value is -2.73. The van der Waals surface area contributed by atoms with Crippen LogP contribution in [0.25, 0.3) is 0 Å². The highest BCUT2D eigenvalue weighted by Crippen LogP contribution is 2.23. The first-order valence-corrected chi connectivity index (χ1v) is 10.5. The number of hydrogen-bond acceptors (Lipinski definition) is 5. The van der Waals surface area contributed by atoms with Crippen LogP contribution >= 0.6 is 11.3 Å². The van der Waals surface area contributed by atoms with Gasteiger partial charge in [-0.15, -0.1) is 11.3 Å². The standard InChI is InChI=1S/C22H24N4OS/c1-17-21(28-20(24-17)11-10-18-7-5-6-12-23-18)22(27)26-15-13-25(14-16-26)19-8-3-2-4-9-19/h2-9,12H,10-11,13-16H2,1H3. The van der Waals surface area contributed by atoms with Gasteiger partial charge in [-0.05, 0) is 37.6 Å². The third-order valence-electron chi connectivity index (χ3n) is 5.04. The third kappa shape index (κ3) is 4.22. The molecule has 3 heterocycles. The van der Waals surface area contributed by atoms with Gasteiger partial charge in [-0.3, -0.25) is 9.78 Å². The number of carbonyl (C=O) groups is 1. The minimum atomic E-state index is 0.117. The Morgan fingerprint density at radius 1 is 1.00 bits per heavy atom. The number of piperazine rings is 1. The molecule has 1 aromatic carbocycles. The summed E-state index contributed by atoms with van der Waals surface area (Å²) < 4.78 is 0. The molecule has 0 aliphatic carbocycles. The second kappa shape index (κ2) is 8.52. The minimum Gasteiger partial charge on any atom is -0.368 e. The Bertz CT molecular complexity index is 918. The average Bonchev–Trinajstić information content (AvgIpc) is 3.14. The summed E-state index contributed by atoms with van der Waals surface area (Å²) in [5.41, 5.74) is 3.12. The maximum absolute atomic E-state index is 13.0. The van der Waals surface area contributed by atoms with E-state index in [4.69, 9.17) is 0 Å². The Morgan fingerprint density at radius 3 is 2.46 bits per heavy atom. The van der Waals surface area contributed by atoms with Crippen molar-refractivity contribution in [1.82, 2.24) is 14.9 Å². The molecule has 1 saturated heterocycles. The lowest BCUT2D eigenvalue weighted by atomic mass is 10.2. The van der Waals surface area contributed by atoms with Crippen LogP contribution in [-0.2, 0) is 12.8 Å². The van der Waals surface area contributed by atoms with Gasteiger partial charge in [0.15, 0.2) is 0 Å². The fourth-order valence-corrected chi connectivity index (χ4v) is 4.52. The molecule has 0 radical (unpaired) electrons. The van der Waals surface area contributed by atoms with E-state index in [-0.39, 0.29) is 5.91 Å². The van der Waals surface area contributed by atoms with Crippen LogP contribution in [-0.4, -0.2) is 47.0 Å². The molecule has 0 unspecified atom stereocenters. The molecule has 2 aromatic heterocycles. The molecule has 4 rings (SSSR count). The van der Waals surface area contributed by atoms with E-state index < -0.39 is 0 Å². The van der Waals surface area contributed by atoms with Crippen LogP contribution in [0.5, 0.6) is 0 Å². The van der Waals surface area contributed by atoms with Crippen molar-refractivity contribution >= 4 is 22.9 Å². The maximum atomic E-state index is 13.0. The molecule has 6 heteroatoms. The number of hydrogen-bond donors (Lipinski definition) is 0. The van der Waals surface area contributed by atoms with Gasteiger partial charge in [0.1, 0.15) is 4.88 Å². The largest absolute Gasteiger partial charge is 0.368 e. The molecule has 0 N–H and O–H groups in total. The van der Waals surface area contributed by atoms with Gasteiger partial charge in [0.2, 0.25) is 0 Å². The summed E-state index contributed by atoms with van der Waals surface area (Å²) >= 11 is 1.53. The molecule has 144 valence electrons. The molecular formula is C22H24N4OS. The fraction of sp³-hybridized carbons (Fsp3) is 0.318. The predicted molar refractivity (Wildman–Crippen MR) is 113 cm³/mol. The number of benzene rings is 1. The zero-order valence-corrected chi connectivity index (χ0v) is 16.9. The lowest BCUT2D eigenvalue weighted by molar-refractivity contribution is 0.0750. The van der Waals surface area contributed by atoms with Crippen LogP contribution in [0, 0.1) is 6.92 Å². The van der Waals surface area contributed by atoms with Gasteiger partial charge in [-0.2, -0.15) is 0 Å². The van der Waals surface area contributed by atoms with Gasteiger partial charge >= 0.3 is 0 Å². The fourth-order valence-electron chi connectivity index (χ4n) is 3.49. The normalized spacial score (nSPS) is 14.3.